The van der Waals surface area contributed by atoms with E-state index in [1.54, 1.807) is 0 Å². The summed E-state index contributed by atoms with van der Waals surface area (Å²) in [5, 5.41) is 8.79. The van der Waals surface area contributed by atoms with E-state index in [0.717, 1.165) is 0 Å². The van der Waals surface area contributed by atoms with Crippen LogP contribution < -0.4 is 0 Å². The fraction of sp³-hybridized carbons (Fsp3) is 0.500. The number of amides is 1. The molecule has 5 nitrogen and oxygen atoms in total. The number of cyclic esters (lactones) is 1. The highest BCUT2D eigenvalue weighted by Gasteiger charge is 2.33. The summed E-state index contributed by atoms with van der Waals surface area (Å²) in [5.41, 5.74) is 0. The summed E-state index contributed by atoms with van der Waals surface area (Å²) in [6, 6.07) is -0.840. The Hall–Kier alpha value is -1.52. The van der Waals surface area contributed by atoms with E-state index in [-0.39, 0.29) is 13.0 Å². The number of nitrogens with zero attached hydrogens (tertiary/aromatic N) is 1. The first-order chi connectivity index (χ1) is 6.16. The molecule has 1 rings (SSSR count). The summed E-state index contributed by atoms with van der Waals surface area (Å²) in [4.78, 5) is 22.9. The molecule has 1 saturated heterocycles. The molecule has 0 aliphatic carbocycles. The van der Waals surface area contributed by atoms with E-state index < -0.39 is 18.1 Å². The highest BCUT2D eigenvalue weighted by molar-refractivity contribution is 5.80. The summed E-state index contributed by atoms with van der Waals surface area (Å²) < 4.78 is 4.63. The standard InChI is InChI=1S/C8H11NO4/c1-2-3-6(7(10)11)9-4-5-13-8(9)12/h2,6H,1,3-5H2,(H,10,11). The van der Waals surface area contributed by atoms with Crippen molar-refractivity contribution in [3.8, 4) is 0 Å². The Labute approximate surface area is 75.6 Å². The lowest BCUT2D eigenvalue weighted by atomic mass is 10.2. The van der Waals surface area contributed by atoms with Gasteiger partial charge in [-0.05, 0) is 6.42 Å². The SMILES string of the molecule is C=CCC(C(=O)O)N1CCOC1=O. The smallest absolute Gasteiger partial charge is 0.410 e. The van der Waals surface area contributed by atoms with Gasteiger partial charge < -0.3 is 9.84 Å². The van der Waals surface area contributed by atoms with Crippen LogP contribution in [0, 0.1) is 0 Å². The van der Waals surface area contributed by atoms with Crippen molar-refractivity contribution in [3.63, 3.8) is 0 Å². The highest BCUT2D eigenvalue weighted by atomic mass is 16.6. The van der Waals surface area contributed by atoms with Crippen LogP contribution >= 0.6 is 0 Å². The number of carboxylic acids is 1. The van der Waals surface area contributed by atoms with Crippen LogP contribution in [0.1, 0.15) is 6.42 Å². The quantitative estimate of drug-likeness (QED) is 0.646. The van der Waals surface area contributed by atoms with Gasteiger partial charge in [-0.1, -0.05) is 6.08 Å². The first kappa shape index (κ1) is 9.57. The lowest BCUT2D eigenvalue weighted by Gasteiger charge is -2.19. The molecule has 0 bridgehead atoms. The lowest BCUT2D eigenvalue weighted by Crippen LogP contribution is -2.41. The number of rotatable bonds is 4. The molecule has 13 heavy (non-hydrogen) atoms. The first-order valence-corrected chi connectivity index (χ1v) is 3.94. The van der Waals surface area contributed by atoms with Crippen molar-refractivity contribution >= 4 is 12.1 Å². The molecule has 72 valence electrons. The molecule has 0 spiro atoms. The molecule has 0 aromatic carbocycles. The van der Waals surface area contributed by atoms with E-state index in [0.29, 0.717) is 6.54 Å². The molecule has 1 heterocycles. The van der Waals surface area contributed by atoms with Gasteiger partial charge >= 0.3 is 12.1 Å². The monoisotopic (exact) mass is 185 g/mol. The minimum atomic E-state index is -1.03. The van der Waals surface area contributed by atoms with Gasteiger partial charge in [0.15, 0.2) is 0 Å². The third-order valence-corrected chi connectivity index (χ3v) is 1.84. The number of aliphatic carboxylic acids is 1. The zero-order chi connectivity index (χ0) is 9.84. The van der Waals surface area contributed by atoms with Crippen molar-refractivity contribution in [2.75, 3.05) is 13.2 Å². The van der Waals surface area contributed by atoms with Gasteiger partial charge in [0.05, 0.1) is 6.54 Å². The van der Waals surface area contributed by atoms with Gasteiger partial charge in [0.1, 0.15) is 12.6 Å². The van der Waals surface area contributed by atoms with Gasteiger partial charge in [0.2, 0.25) is 0 Å². The van der Waals surface area contributed by atoms with Gasteiger partial charge in [-0.3, -0.25) is 4.90 Å². The summed E-state index contributed by atoms with van der Waals surface area (Å²) in [6.45, 7) is 4.04. The third kappa shape index (κ3) is 1.99. The number of hydrogen-bond acceptors (Lipinski definition) is 3. The van der Waals surface area contributed by atoms with E-state index in [4.69, 9.17) is 5.11 Å². The topological polar surface area (TPSA) is 66.8 Å². The number of carbonyl (C=O) groups excluding carboxylic acids is 1. The average Bonchev–Trinajstić information content (AvgIpc) is 2.47. The normalized spacial score (nSPS) is 18.2. The zero-order valence-corrected chi connectivity index (χ0v) is 7.10. The second kappa shape index (κ2) is 3.93. The Kier molecular flexibility index (Phi) is 2.89. The summed E-state index contributed by atoms with van der Waals surface area (Å²) in [5.74, 6) is -1.03. The highest BCUT2D eigenvalue weighted by Crippen LogP contribution is 2.12. The van der Waals surface area contributed by atoms with Gasteiger partial charge in [-0.15, -0.1) is 6.58 Å². The Bertz CT molecular complexity index is 238. The van der Waals surface area contributed by atoms with Crippen molar-refractivity contribution in [1.29, 1.82) is 0 Å². The number of ether oxygens (including phenoxy) is 1. The second-order valence-electron chi connectivity index (χ2n) is 2.69. The molecule has 1 atom stereocenters. The van der Waals surface area contributed by atoms with E-state index in [1.807, 2.05) is 0 Å². The molecule has 0 radical (unpaired) electrons. The minimum Gasteiger partial charge on any atom is -0.480 e. The number of carboxylic acid groups (broad SMARTS) is 1. The zero-order valence-electron chi connectivity index (χ0n) is 7.10. The molecule has 0 saturated carbocycles. The molecule has 1 amide bonds. The maximum absolute atomic E-state index is 11.0. The Morgan fingerprint density at radius 1 is 1.85 bits per heavy atom. The predicted molar refractivity (Wildman–Crippen MR) is 44.3 cm³/mol. The molecule has 1 aliphatic rings. The third-order valence-electron chi connectivity index (χ3n) is 1.84. The Morgan fingerprint density at radius 2 is 2.54 bits per heavy atom. The molecular weight excluding hydrogens is 174 g/mol. The number of hydrogen-bond donors (Lipinski definition) is 1. The fourth-order valence-electron chi connectivity index (χ4n) is 1.21. The van der Waals surface area contributed by atoms with Crippen LogP contribution in [0.4, 0.5) is 4.79 Å². The van der Waals surface area contributed by atoms with Crippen LogP contribution in [0.2, 0.25) is 0 Å². The Morgan fingerprint density at radius 3 is 2.92 bits per heavy atom. The summed E-state index contributed by atoms with van der Waals surface area (Å²) in [7, 11) is 0. The Balaban J connectivity index is 2.68. The maximum Gasteiger partial charge on any atom is 0.410 e. The van der Waals surface area contributed by atoms with Crippen molar-refractivity contribution < 1.29 is 19.4 Å². The van der Waals surface area contributed by atoms with Crippen LogP contribution in [0.15, 0.2) is 12.7 Å². The van der Waals surface area contributed by atoms with Gasteiger partial charge in [-0.25, -0.2) is 9.59 Å². The predicted octanol–water partition coefficient (Wildman–Crippen LogP) is 0.468. The largest absolute Gasteiger partial charge is 0.480 e. The summed E-state index contributed by atoms with van der Waals surface area (Å²) in [6.07, 6.45) is 1.16. The number of carbonyl (C=O) groups is 2. The summed E-state index contributed by atoms with van der Waals surface area (Å²) >= 11 is 0. The van der Waals surface area contributed by atoms with Crippen LogP contribution in [-0.2, 0) is 9.53 Å². The molecule has 1 N–H and O–H groups in total. The van der Waals surface area contributed by atoms with Gasteiger partial charge in [0.25, 0.3) is 0 Å². The van der Waals surface area contributed by atoms with Crippen LogP contribution in [-0.4, -0.2) is 41.3 Å². The van der Waals surface area contributed by atoms with Crippen LogP contribution in [0.3, 0.4) is 0 Å². The van der Waals surface area contributed by atoms with Gasteiger partial charge in [-0.2, -0.15) is 0 Å². The van der Waals surface area contributed by atoms with Crippen molar-refractivity contribution in [3.05, 3.63) is 12.7 Å². The lowest BCUT2D eigenvalue weighted by molar-refractivity contribution is -0.141. The fourth-order valence-corrected chi connectivity index (χ4v) is 1.21. The second-order valence-corrected chi connectivity index (χ2v) is 2.69. The molecule has 0 aromatic heterocycles. The van der Waals surface area contributed by atoms with Crippen LogP contribution in [0.25, 0.3) is 0 Å². The van der Waals surface area contributed by atoms with Crippen molar-refractivity contribution in [1.82, 2.24) is 4.90 Å². The van der Waals surface area contributed by atoms with E-state index in [1.165, 1.54) is 11.0 Å². The van der Waals surface area contributed by atoms with Crippen molar-refractivity contribution in [2.45, 2.75) is 12.5 Å². The first-order valence-electron chi connectivity index (χ1n) is 3.94. The van der Waals surface area contributed by atoms with E-state index in [2.05, 4.69) is 11.3 Å². The molecule has 1 aliphatic heterocycles. The van der Waals surface area contributed by atoms with Crippen LogP contribution in [0.5, 0.6) is 0 Å². The van der Waals surface area contributed by atoms with Crippen molar-refractivity contribution in [2.24, 2.45) is 0 Å². The molecule has 1 unspecified atom stereocenters. The van der Waals surface area contributed by atoms with E-state index >= 15 is 0 Å². The van der Waals surface area contributed by atoms with Gasteiger partial charge in [0, 0.05) is 0 Å². The molecule has 0 aromatic rings. The van der Waals surface area contributed by atoms with E-state index in [9.17, 15) is 9.59 Å². The molecule has 1 fully saturated rings. The minimum absolute atomic E-state index is 0.241. The average molecular weight is 185 g/mol. The molecular formula is C8H11NO4. The molecule has 5 heteroatoms. The maximum atomic E-state index is 11.0.